The molecule has 0 aromatic heterocycles. The number of nitrogens with zero attached hydrogens (tertiary/aromatic N) is 1. The number of carbonyl (C=O) groups is 3. The van der Waals surface area contributed by atoms with Crippen molar-refractivity contribution in [3.8, 4) is 0 Å². The number of alkyl halides is 3. The summed E-state index contributed by atoms with van der Waals surface area (Å²) in [5.41, 5.74) is -1.62. The molecule has 38 heavy (non-hydrogen) atoms. The molecule has 2 amide bonds. The van der Waals surface area contributed by atoms with E-state index in [2.05, 4.69) is 10.0 Å². The average Bonchev–Trinajstić information content (AvgIpc) is 3.65. The number of nitrogens with one attached hydrogen (secondary N) is 2. The summed E-state index contributed by atoms with van der Waals surface area (Å²) in [5.74, 6) is -2.35. The third kappa shape index (κ3) is 6.26. The first-order chi connectivity index (χ1) is 17.6. The maximum absolute atomic E-state index is 13.0. The molecule has 3 N–H and O–H groups in total. The molecule has 0 aliphatic heterocycles. The van der Waals surface area contributed by atoms with Crippen molar-refractivity contribution in [1.29, 1.82) is 0 Å². The Balaban J connectivity index is 1.72. The van der Waals surface area contributed by atoms with E-state index in [1.54, 1.807) is 6.92 Å². The van der Waals surface area contributed by atoms with Crippen LogP contribution in [-0.4, -0.2) is 56.3 Å². The van der Waals surface area contributed by atoms with Gasteiger partial charge < -0.3 is 15.3 Å². The van der Waals surface area contributed by atoms with Crippen molar-refractivity contribution in [1.82, 2.24) is 10.2 Å². The lowest BCUT2D eigenvalue weighted by atomic mass is 10.0. The number of anilines is 1. The number of amides is 2. The summed E-state index contributed by atoms with van der Waals surface area (Å²) in [4.78, 5) is 37.8. The molecule has 1 aliphatic carbocycles. The summed E-state index contributed by atoms with van der Waals surface area (Å²) >= 11 is 0. The van der Waals surface area contributed by atoms with Crippen molar-refractivity contribution in [2.45, 2.75) is 49.7 Å². The van der Waals surface area contributed by atoms with Gasteiger partial charge in [0.25, 0.3) is 10.0 Å². The van der Waals surface area contributed by atoms with E-state index >= 15 is 0 Å². The maximum Gasteiger partial charge on any atom is 0.416 e. The zero-order valence-electron chi connectivity index (χ0n) is 20.9. The van der Waals surface area contributed by atoms with Crippen LogP contribution in [-0.2, 0) is 43.4 Å². The van der Waals surface area contributed by atoms with Crippen LogP contribution in [0, 0.1) is 5.41 Å². The van der Waals surface area contributed by atoms with E-state index in [-0.39, 0.29) is 29.0 Å². The molecule has 1 aliphatic rings. The minimum atomic E-state index is -4.61. The Kier molecular flexibility index (Phi) is 8.10. The van der Waals surface area contributed by atoms with Crippen molar-refractivity contribution >= 4 is 33.5 Å². The zero-order valence-corrected chi connectivity index (χ0v) is 21.7. The van der Waals surface area contributed by atoms with Gasteiger partial charge in [-0.2, -0.15) is 13.2 Å². The summed E-state index contributed by atoms with van der Waals surface area (Å²) in [6.45, 7) is 1.54. The Morgan fingerprint density at radius 3 is 2.16 bits per heavy atom. The number of hydrogen-bond donors (Lipinski definition) is 3. The SMILES string of the molecule is CCc1cc(C(F)(F)F)ccc1S(=O)(=O)Nc1ccc(C[C@H](NC(=O)C2(C(=O)N(C)C)CC2)C(=O)O)cc1. The first kappa shape index (κ1) is 29.0. The summed E-state index contributed by atoms with van der Waals surface area (Å²) in [7, 11) is -1.18. The Morgan fingerprint density at radius 1 is 1.08 bits per heavy atom. The van der Waals surface area contributed by atoms with Gasteiger partial charge in [-0.1, -0.05) is 19.1 Å². The number of carboxylic acids is 1. The van der Waals surface area contributed by atoms with E-state index in [4.69, 9.17) is 0 Å². The van der Waals surface area contributed by atoms with E-state index in [9.17, 15) is 41.1 Å². The molecule has 13 heteroatoms. The van der Waals surface area contributed by atoms with Crippen LogP contribution in [0.3, 0.4) is 0 Å². The van der Waals surface area contributed by atoms with Crippen LogP contribution < -0.4 is 10.0 Å². The summed E-state index contributed by atoms with van der Waals surface area (Å²) in [6, 6.07) is 6.77. The molecule has 0 saturated heterocycles. The molecule has 0 spiro atoms. The van der Waals surface area contributed by atoms with Crippen LogP contribution in [0.1, 0.15) is 36.5 Å². The number of halogens is 3. The lowest BCUT2D eigenvalue weighted by molar-refractivity contribution is -0.147. The van der Waals surface area contributed by atoms with Gasteiger partial charge in [-0.15, -0.1) is 0 Å². The van der Waals surface area contributed by atoms with Crippen molar-refractivity contribution < 1.29 is 41.1 Å². The fourth-order valence-corrected chi connectivity index (χ4v) is 5.39. The Morgan fingerprint density at radius 2 is 1.68 bits per heavy atom. The number of carbonyl (C=O) groups excluding carboxylic acids is 2. The molecule has 0 radical (unpaired) electrons. The highest BCUT2D eigenvalue weighted by molar-refractivity contribution is 7.92. The molecule has 3 rings (SSSR count). The third-order valence-electron chi connectivity index (χ3n) is 6.31. The highest BCUT2D eigenvalue weighted by atomic mass is 32.2. The van der Waals surface area contributed by atoms with Crippen molar-refractivity contribution in [2.75, 3.05) is 18.8 Å². The molecule has 2 aromatic carbocycles. The summed E-state index contributed by atoms with van der Waals surface area (Å²) in [5, 5.41) is 12.0. The summed E-state index contributed by atoms with van der Waals surface area (Å²) < 4.78 is 67.1. The Hall–Kier alpha value is -3.61. The largest absolute Gasteiger partial charge is 0.480 e. The van der Waals surface area contributed by atoms with Gasteiger partial charge in [-0.05, 0) is 60.7 Å². The number of aryl methyl sites for hydroxylation is 1. The molecular formula is C25H28F3N3O6S. The van der Waals surface area contributed by atoms with Crippen LogP contribution in [0.15, 0.2) is 47.4 Å². The second kappa shape index (κ2) is 10.6. The first-order valence-corrected chi connectivity index (χ1v) is 13.2. The van der Waals surface area contributed by atoms with Gasteiger partial charge >= 0.3 is 12.1 Å². The van der Waals surface area contributed by atoms with E-state index in [1.165, 1.54) is 43.3 Å². The Bertz CT molecular complexity index is 1340. The van der Waals surface area contributed by atoms with Gasteiger partial charge in [-0.3, -0.25) is 14.3 Å². The molecule has 0 unspecified atom stereocenters. The number of sulfonamides is 1. The third-order valence-corrected chi connectivity index (χ3v) is 7.79. The van der Waals surface area contributed by atoms with Crippen LogP contribution in [0.2, 0.25) is 0 Å². The molecule has 9 nitrogen and oxygen atoms in total. The smallest absolute Gasteiger partial charge is 0.416 e. The van der Waals surface area contributed by atoms with Gasteiger partial charge in [0, 0.05) is 26.2 Å². The highest BCUT2D eigenvalue weighted by Gasteiger charge is 2.57. The second-order valence-electron chi connectivity index (χ2n) is 9.33. The van der Waals surface area contributed by atoms with Gasteiger partial charge in [0.05, 0.1) is 10.5 Å². The van der Waals surface area contributed by atoms with Crippen molar-refractivity contribution in [3.63, 3.8) is 0 Å². The zero-order chi connectivity index (χ0) is 28.5. The molecule has 1 saturated carbocycles. The number of hydrogen-bond acceptors (Lipinski definition) is 5. The lowest BCUT2D eigenvalue weighted by Crippen LogP contribution is -2.49. The quantitative estimate of drug-likeness (QED) is 0.386. The fourth-order valence-electron chi connectivity index (χ4n) is 4.04. The maximum atomic E-state index is 13.0. The van der Waals surface area contributed by atoms with Crippen LogP contribution >= 0.6 is 0 Å². The topological polar surface area (TPSA) is 133 Å². The lowest BCUT2D eigenvalue weighted by Gasteiger charge is -2.22. The predicted octanol–water partition coefficient (Wildman–Crippen LogP) is 3.05. The van der Waals surface area contributed by atoms with Gasteiger partial charge in [-0.25, -0.2) is 13.2 Å². The van der Waals surface area contributed by atoms with Crippen LogP contribution in [0.5, 0.6) is 0 Å². The molecule has 2 aromatic rings. The standard InChI is InChI=1S/C25H28F3N3O6S/c1-4-16-14-17(25(26,27)28)7-10-20(16)38(36,37)30-18-8-5-15(6-9-18)13-19(21(32)33)29-22(34)24(11-12-24)23(35)31(2)3/h5-10,14,19,30H,4,11-13H2,1-3H3,(H,29,34)(H,32,33)/t19-/m0/s1. The van der Waals surface area contributed by atoms with E-state index in [0.29, 0.717) is 24.5 Å². The number of aliphatic carboxylic acids is 1. The molecular weight excluding hydrogens is 527 g/mol. The normalized spacial score (nSPS) is 15.3. The monoisotopic (exact) mass is 555 g/mol. The second-order valence-corrected chi connectivity index (χ2v) is 11.0. The number of carboxylic acid groups (broad SMARTS) is 1. The molecule has 1 atom stereocenters. The fraction of sp³-hybridized carbons (Fsp3) is 0.400. The summed E-state index contributed by atoms with van der Waals surface area (Å²) in [6.07, 6.45) is -4.02. The van der Waals surface area contributed by atoms with E-state index in [0.717, 1.165) is 12.1 Å². The number of rotatable bonds is 10. The van der Waals surface area contributed by atoms with Crippen molar-refractivity contribution in [3.05, 3.63) is 59.2 Å². The Labute approximate surface area is 218 Å². The predicted molar refractivity (Wildman–Crippen MR) is 132 cm³/mol. The first-order valence-electron chi connectivity index (χ1n) is 11.7. The van der Waals surface area contributed by atoms with Gasteiger partial charge in [0.2, 0.25) is 11.8 Å². The molecule has 0 bridgehead atoms. The highest BCUT2D eigenvalue weighted by Crippen LogP contribution is 2.47. The molecule has 1 fully saturated rings. The minimum Gasteiger partial charge on any atom is -0.480 e. The van der Waals surface area contributed by atoms with Crippen molar-refractivity contribution in [2.24, 2.45) is 5.41 Å². The van der Waals surface area contributed by atoms with Crippen LogP contribution in [0.4, 0.5) is 18.9 Å². The van der Waals surface area contributed by atoms with Gasteiger partial charge in [0.1, 0.15) is 11.5 Å². The van der Waals surface area contributed by atoms with E-state index < -0.39 is 51.0 Å². The van der Waals surface area contributed by atoms with Gasteiger partial charge in [0.15, 0.2) is 0 Å². The number of benzene rings is 2. The minimum absolute atomic E-state index is 0.00479. The molecule has 206 valence electrons. The average molecular weight is 556 g/mol. The van der Waals surface area contributed by atoms with Crippen LogP contribution in [0.25, 0.3) is 0 Å². The molecule has 0 heterocycles. The van der Waals surface area contributed by atoms with E-state index in [1.807, 2.05) is 0 Å².